The minimum absolute atomic E-state index is 0.175. The molecular formula is C14H23N2P. The average Bonchev–Trinajstić information content (AvgIpc) is 2.55. The number of para-hydroxylation sites is 2. The average molecular weight is 250 g/mol. The molecule has 0 aliphatic carbocycles. The quantitative estimate of drug-likeness (QED) is 0.629. The number of rotatable bonds is 0. The molecule has 0 radical (unpaired) electrons. The van der Waals surface area contributed by atoms with E-state index in [0.717, 1.165) is 0 Å². The van der Waals surface area contributed by atoms with Crippen LogP contribution in [0, 0.1) is 0 Å². The lowest BCUT2D eigenvalue weighted by molar-refractivity contribution is 0.579. The van der Waals surface area contributed by atoms with E-state index >= 15 is 0 Å². The molecule has 0 unspecified atom stereocenters. The fourth-order valence-electron chi connectivity index (χ4n) is 2.07. The summed E-state index contributed by atoms with van der Waals surface area (Å²) >= 11 is 0. The zero-order valence-electron chi connectivity index (χ0n) is 11.7. The molecule has 0 atom stereocenters. The molecule has 1 aliphatic rings. The number of fused-ring (bicyclic) bond motifs is 1. The minimum Gasteiger partial charge on any atom is -0.329 e. The van der Waals surface area contributed by atoms with E-state index < -0.39 is 0 Å². The second-order valence-corrected chi connectivity index (χ2v) is 7.70. The molecule has 0 aromatic heterocycles. The van der Waals surface area contributed by atoms with Crippen LogP contribution in [0.25, 0.3) is 0 Å². The molecule has 3 heteroatoms. The van der Waals surface area contributed by atoms with Crippen LogP contribution in [0.4, 0.5) is 11.4 Å². The van der Waals surface area contributed by atoms with Crippen LogP contribution in [-0.2, 0) is 0 Å². The zero-order valence-corrected chi connectivity index (χ0v) is 12.7. The Balaban J connectivity index is 2.47. The molecule has 2 rings (SSSR count). The third-order valence-corrected chi connectivity index (χ3v) is 5.13. The van der Waals surface area contributed by atoms with Crippen molar-refractivity contribution in [3.63, 3.8) is 0 Å². The van der Waals surface area contributed by atoms with Crippen LogP contribution in [-0.4, -0.2) is 11.1 Å². The van der Waals surface area contributed by atoms with Gasteiger partial charge < -0.3 is 9.34 Å². The predicted molar refractivity (Wildman–Crippen MR) is 79.2 cm³/mol. The van der Waals surface area contributed by atoms with Crippen molar-refractivity contribution in [1.82, 2.24) is 0 Å². The summed E-state index contributed by atoms with van der Waals surface area (Å²) in [7, 11) is 0.698. The number of anilines is 2. The van der Waals surface area contributed by atoms with Gasteiger partial charge in [0.2, 0.25) is 0 Å². The Hall–Kier alpha value is -0.750. The molecule has 1 aromatic carbocycles. The van der Waals surface area contributed by atoms with E-state index in [4.69, 9.17) is 0 Å². The van der Waals surface area contributed by atoms with Crippen LogP contribution in [0.1, 0.15) is 41.5 Å². The van der Waals surface area contributed by atoms with Gasteiger partial charge in [-0.05, 0) is 53.7 Å². The van der Waals surface area contributed by atoms with Crippen molar-refractivity contribution in [3.8, 4) is 0 Å². The molecular weight excluding hydrogens is 227 g/mol. The van der Waals surface area contributed by atoms with E-state index in [1.54, 1.807) is 0 Å². The van der Waals surface area contributed by atoms with Gasteiger partial charge in [-0.1, -0.05) is 12.1 Å². The molecule has 0 spiro atoms. The van der Waals surface area contributed by atoms with Gasteiger partial charge in [0.1, 0.15) is 0 Å². The van der Waals surface area contributed by atoms with Crippen molar-refractivity contribution < 1.29 is 0 Å². The maximum Gasteiger partial charge on any atom is 0.0809 e. The molecule has 1 aromatic rings. The Morgan fingerprint density at radius 3 is 1.41 bits per heavy atom. The van der Waals surface area contributed by atoms with Crippen molar-refractivity contribution in [2.75, 3.05) is 9.34 Å². The van der Waals surface area contributed by atoms with Gasteiger partial charge in [-0.15, -0.1) is 0 Å². The molecule has 0 bridgehead atoms. The van der Waals surface area contributed by atoms with E-state index in [9.17, 15) is 0 Å². The van der Waals surface area contributed by atoms with Gasteiger partial charge in [0, 0.05) is 11.1 Å². The van der Waals surface area contributed by atoms with E-state index in [1.807, 2.05) is 0 Å². The first-order chi connectivity index (χ1) is 7.71. The Bertz CT molecular complexity index is 376. The van der Waals surface area contributed by atoms with Gasteiger partial charge >= 0.3 is 0 Å². The largest absolute Gasteiger partial charge is 0.329 e. The van der Waals surface area contributed by atoms with Crippen molar-refractivity contribution >= 4 is 20.3 Å². The number of benzene rings is 1. The lowest BCUT2D eigenvalue weighted by atomic mass is 10.1. The monoisotopic (exact) mass is 250 g/mol. The van der Waals surface area contributed by atoms with Gasteiger partial charge in [-0.25, -0.2) is 0 Å². The molecule has 0 amide bonds. The van der Waals surface area contributed by atoms with Gasteiger partial charge in [0.15, 0.2) is 0 Å². The summed E-state index contributed by atoms with van der Waals surface area (Å²) in [5.41, 5.74) is 3.09. The summed E-state index contributed by atoms with van der Waals surface area (Å²) in [6.07, 6.45) is 0. The second kappa shape index (κ2) is 3.88. The highest BCUT2D eigenvalue weighted by Gasteiger charge is 2.37. The third kappa shape index (κ3) is 2.28. The van der Waals surface area contributed by atoms with Crippen molar-refractivity contribution in [2.45, 2.75) is 52.6 Å². The number of nitrogens with zero attached hydrogens (tertiary/aromatic N) is 2. The summed E-state index contributed by atoms with van der Waals surface area (Å²) in [5.74, 6) is 0. The van der Waals surface area contributed by atoms with E-state index in [-0.39, 0.29) is 11.1 Å². The summed E-state index contributed by atoms with van der Waals surface area (Å²) in [5, 5.41) is 0. The van der Waals surface area contributed by atoms with Gasteiger partial charge in [-0.3, -0.25) is 0 Å². The molecule has 1 heterocycles. The maximum atomic E-state index is 2.51. The summed E-state index contributed by atoms with van der Waals surface area (Å²) < 4.78 is 5.02. The van der Waals surface area contributed by atoms with Crippen LogP contribution < -0.4 is 9.34 Å². The molecule has 17 heavy (non-hydrogen) atoms. The molecule has 0 fully saturated rings. The summed E-state index contributed by atoms with van der Waals surface area (Å²) in [6.45, 7) is 13.7. The molecule has 0 saturated heterocycles. The van der Waals surface area contributed by atoms with Crippen LogP contribution in [0.2, 0.25) is 0 Å². The molecule has 1 aliphatic heterocycles. The fraction of sp³-hybridized carbons (Fsp3) is 0.571. The molecule has 2 nitrogen and oxygen atoms in total. The fourth-order valence-corrected chi connectivity index (χ4v) is 3.47. The first kappa shape index (κ1) is 12.7. The standard InChI is InChI=1S/C14H23N2P/c1-13(2,3)15-11-9-7-8-10-12(11)16(17-15)14(4,5)6/h7-10,17H,1-6H3. The third-order valence-electron chi connectivity index (χ3n) is 2.91. The zero-order chi connectivity index (χ0) is 12.8. The van der Waals surface area contributed by atoms with Crippen LogP contribution >= 0.6 is 8.88 Å². The van der Waals surface area contributed by atoms with E-state index in [1.165, 1.54) is 11.4 Å². The lowest BCUT2D eigenvalue weighted by Crippen LogP contribution is -2.38. The second-order valence-electron chi connectivity index (χ2n) is 6.60. The highest BCUT2D eigenvalue weighted by atomic mass is 31.1. The Morgan fingerprint density at radius 2 is 1.12 bits per heavy atom. The smallest absolute Gasteiger partial charge is 0.0809 e. The number of hydrogen-bond donors (Lipinski definition) is 0. The minimum atomic E-state index is 0.175. The first-order valence-electron chi connectivity index (χ1n) is 6.17. The topological polar surface area (TPSA) is 6.48 Å². The highest BCUT2D eigenvalue weighted by Crippen LogP contribution is 2.54. The number of hydrogen-bond acceptors (Lipinski definition) is 2. The summed E-state index contributed by atoms with van der Waals surface area (Å²) in [4.78, 5) is 0. The molecule has 0 N–H and O–H groups in total. The Morgan fingerprint density at radius 1 is 0.765 bits per heavy atom. The van der Waals surface area contributed by atoms with Gasteiger partial charge in [0.05, 0.1) is 20.3 Å². The van der Waals surface area contributed by atoms with Crippen molar-refractivity contribution in [2.24, 2.45) is 0 Å². The predicted octanol–water partition coefficient (Wildman–Crippen LogP) is 4.42. The van der Waals surface area contributed by atoms with Crippen molar-refractivity contribution in [1.29, 1.82) is 0 Å². The maximum absolute atomic E-state index is 2.51. The lowest BCUT2D eigenvalue weighted by Gasteiger charge is -2.37. The highest BCUT2D eigenvalue weighted by molar-refractivity contribution is 7.43. The van der Waals surface area contributed by atoms with Crippen molar-refractivity contribution in [3.05, 3.63) is 24.3 Å². The van der Waals surface area contributed by atoms with Gasteiger partial charge in [-0.2, -0.15) is 0 Å². The van der Waals surface area contributed by atoms with E-state index in [0.29, 0.717) is 8.88 Å². The van der Waals surface area contributed by atoms with E-state index in [2.05, 4.69) is 75.1 Å². The van der Waals surface area contributed by atoms with Crippen LogP contribution in [0.3, 0.4) is 0 Å². The summed E-state index contributed by atoms with van der Waals surface area (Å²) in [6, 6.07) is 8.74. The van der Waals surface area contributed by atoms with Crippen LogP contribution in [0.5, 0.6) is 0 Å². The van der Waals surface area contributed by atoms with Gasteiger partial charge in [0.25, 0.3) is 0 Å². The Kier molecular flexibility index (Phi) is 2.90. The molecule has 94 valence electrons. The van der Waals surface area contributed by atoms with Crippen LogP contribution in [0.15, 0.2) is 24.3 Å². The SMILES string of the molecule is CC(C)(C)N1PN(C(C)(C)C)c2ccccc21. The molecule has 0 saturated carbocycles. The normalized spacial score (nSPS) is 16.4. The first-order valence-corrected chi connectivity index (χ1v) is 7.06. The Labute approximate surface area is 107 Å².